The summed E-state index contributed by atoms with van der Waals surface area (Å²) < 4.78 is 8.56. The van der Waals surface area contributed by atoms with Crippen LogP contribution in [0.1, 0.15) is 33.4 Å². The van der Waals surface area contributed by atoms with E-state index in [1.807, 2.05) is 0 Å². The number of nitrogens with zero attached hydrogens (tertiary/aromatic N) is 3. The van der Waals surface area contributed by atoms with Crippen LogP contribution < -0.4 is 12.7 Å². The summed E-state index contributed by atoms with van der Waals surface area (Å²) in [7, 11) is -8.48. The van der Waals surface area contributed by atoms with E-state index in [1.165, 1.54) is 67.1 Å². The standard InChI is InChI=1S/3C19H27NSi2.Y/c3*1-21(2,3)20(22(4,5)6)19-13-9-12-17-16-11-8-7-10-15(16)14-18(17)19;/h3*7-13H,14H2,1-6H3;. The molecule has 0 atom stereocenters. The molecule has 0 spiro atoms. The van der Waals surface area contributed by atoms with Crippen LogP contribution in [0.15, 0.2) is 127 Å². The van der Waals surface area contributed by atoms with Gasteiger partial charge in [0.25, 0.3) is 0 Å². The molecule has 3 aliphatic rings. The summed E-state index contributed by atoms with van der Waals surface area (Å²) in [4.78, 5) is 0. The van der Waals surface area contributed by atoms with Gasteiger partial charge in [-0.25, -0.2) is 0 Å². The molecular formula is C57H81N3Si6Y. The van der Waals surface area contributed by atoms with E-state index in [0.717, 1.165) is 19.3 Å². The first kappa shape index (κ1) is 53.5. The van der Waals surface area contributed by atoms with Gasteiger partial charge in [0.1, 0.15) is 49.4 Å². The third-order valence-electron chi connectivity index (χ3n) is 13.2. The molecule has 6 aromatic carbocycles. The summed E-state index contributed by atoms with van der Waals surface area (Å²) in [5.74, 6) is 0. The van der Waals surface area contributed by atoms with Crippen LogP contribution in [0.25, 0.3) is 33.4 Å². The number of anilines is 3. The summed E-state index contributed by atoms with van der Waals surface area (Å²) in [5.41, 5.74) is 22.3. The van der Waals surface area contributed by atoms with Crippen molar-refractivity contribution in [2.75, 3.05) is 12.7 Å². The predicted octanol–water partition coefficient (Wildman–Crippen LogP) is 17.2. The minimum Gasteiger partial charge on any atom is -0.424 e. The minimum atomic E-state index is -1.41. The fourth-order valence-corrected chi connectivity index (χ4v) is 42.0. The Hall–Kier alpha value is -2.87. The van der Waals surface area contributed by atoms with Gasteiger partial charge in [0, 0.05) is 69.0 Å². The molecule has 10 heteroatoms. The Morgan fingerprint density at radius 3 is 0.657 bits per heavy atom. The second-order valence-electron chi connectivity index (χ2n) is 24.9. The van der Waals surface area contributed by atoms with Crippen LogP contribution in [-0.4, -0.2) is 49.4 Å². The number of fused-ring (bicyclic) bond motifs is 9. The zero-order chi connectivity index (χ0) is 48.4. The van der Waals surface area contributed by atoms with Crippen LogP contribution >= 0.6 is 0 Å². The molecule has 1 radical (unpaired) electrons. The van der Waals surface area contributed by atoms with E-state index in [2.05, 4.69) is 258 Å². The Balaban J connectivity index is 0.000000165. The van der Waals surface area contributed by atoms with Gasteiger partial charge in [-0.3, -0.25) is 0 Å². The molecule has 0 aliphatic heterocycles. The monoisotopic (exact) mass is 1060 g/mol. The molecule has 0 fully saturated rings. The van der Waals surface area contributed by atoms with Crippen molar-refractivity contribution in [2.45, 2.75) is 137 Å². The quantitative estimate of drug-likeness (QED) is 0.133. The molecule has 0 heterocycles. The van der Waals surface area contributed by atoms with E-state index >= 15 is 0 Å². The van der Waals surface area contributed by atoms with Crippen molar-refractivity contribution in [3.05, 3.63) is 161 Å². The Kier molecular flexibility index (Phi) is 15.7. The van der Waals surface area contributed by atoms with Crippen molar-refractivity contribution >= 4 is 66.5 Å². The van der Waals surface area contributed by atoms with Gasteiger partial charge in [-0.15, -0.1) is 0 Å². The smallest absolute Gasteiger partial charge is 0.138 e. The Morgan fingerprint density at radius 2 is 0.448 bits per heavy atom. The third kappa shape index (κ3) is 11.4. The normalized spacial score (nSPS) is 13.5. The van der Waals surface area contributed by atoms with Gasteiger partial charge >= 0.3 is 0 Å². The van der Waals surface area contributed by atoms with Gasteiger partial charge in [0.05, 0.1) is 0 Å². The second kappa shape index (κ2) is 19.7. The number of hydrogen-bond acceptors (Lipinski definition) is 3. The molecule has 0 bridgehead atoms. The van der Waals surface area contributed by atoms with Crippen molar-refractivity contribution in [3.63, 3.8) is 0 Å². The van der Waals surface area contributed by atoms with Crippen molar-refractivity contribution in [2.24, 2.45) is 0 Å². The van der Waals surface area contributed by atoms with Crippen LogP contribution in [0.5, 0.6) is 0 Å². The van der Waals surface area contributed by atoms with Gasteiger partial charge in [0.2, 0.25) is 0 Å². The Bertz CT molecular complexity index is 2390. The molecule has 67 heavy (non-hydrogen) atoms. The molecule has 0 saturated carbocycles. The van der Waals surface area contributed by atoms with E-state index in [0.29, 0.717) is 0 Å². The van der Waals surface area contributed by atoms with Crippen LogP contribution in [0.4, 0.5) is 17.1 Å². The molecule has 9 rings (SSSR count). The van der Waals surface area contributed by atoms with Crippen LogP contribution in [0, 0.1) is 0 Å². The predicted molar refractivity (Wildman–Crippen MR) is 312 cm³/mol. The number of rotatable bonds is 9. The zero-order valence-corrected chi connectivity index (χ0v) is 53.5. The molecule has 0 aromatic heterocycles. The van der Waals surface area contributed by atoms with Gasteiger partial charge in [0.15, 0.2) is 0 Å². The van der Waals surface area contributed by atoms with Gasteiger partial charge in [-0.2, -0.15) is 0 Å². The summed E-state index contributed by atoms with van der Waals surface area (Å²) >= 11 is 0. The molecule has 0 amide bonds. The molecule has 3 aliphatic carbocycles. The summed E-state index contributed by atoms with van der Waals surface area (Å²) in [6.45, 7) is 44.6. The molecule has 351 valence electrons. The van der Waals surface area contributed by atoms with Crippen molar-refractivity contribution in [1.29, 1.82) is 0 Å². The fraction of sp³-hybridized carbons (Fsp3) is 0.368. The number of benzene rings is 6. The topological polar surface area (TPSA) is 9.72 Å². The van der Waals surface area contributed by atoms with E-state index in [4.69, 9.17) is 0 Å². The Labute approximate surface area is 439 Å². The first-order chi connectivity index (χ1) is 30.6. The molecule has 6 aromatic rings. The molecular weight excluding hydrogens is 984 g/mol. The largest absolute Gasteiger partial charge is 0.424 e. The molecule has 0 saturated heterocycles. The summed E-state index contributed by atoms with van der Waals surface area (Å²) in [5, 5.41) is 0. The van der Waals surface area contributed by atoms with Crippen molar-refractivity contribution in [3.8, 4) is 33.4 Å². The maximum Gasteiger partial charge on any atom is 0.138 e. The van der Waals surface area contributed by atoms with E-state index in [9.17, 15) is 0 Å². The van der Waals surface area contributed by atoms with Crippen molar-refractivity contribution < 1.29 is 32.7 Å². The van der Waals surface area contributed by atoms with Gasteiger partial charge in [-0.1, -0.05) is 227 Å². The maximum atomic E-state index is 2.85. The minimum absolute atomic E-state index is 0. The van der Waals surface area contributed by atoms with Crippen LogP contribution in [0.2, 0.25) is 118 Å². The SMILES string of the molecule is C[Si](C)(C)N(c1cccc2c1Cc1ccccc1-2)[Si](C)(C)C.C[Si](C)(C)N(c1cccc2c1Cc1ccccc1-2)[Si](C)(C)C.C[Si](C)(C)N(c1cccc2c1Cc1ccccc1-2)[Si](C)(C)C.[Y]. The van der Waals surface area contributed by atoms with Crippen LogP contribution in [0.3, 0.4) is 0 Å². The summed E-state index contributed by atoms with van der Waals surface area (Å²) in [6, 6.07) is 47.4. The first-order valence-electron chi connectivity index (χ1n) is 24.6. The molecule has 3 nitrogen and oxygen atoms in total. The number of hydrogen-bond donors (Lipinski definition) is 0. The van der Waals surface area contributed by atoms with Crippen LogP contribution in [-0.2, 0) is 52.0 Å². The van der Waals surface area contributed by atoms with Gasteiger partial charge in [-0.05, 0) is 85.0 Å². The Morgan fingerprint density at radius 1 is 0.254 bits per heavy atom. The first-order valence-corrected chi connectivity index (χ1v) is 45.3. The average Bonchev–Trinajstić information content (AvgIpc) is 3.88. The van der Waals surface area contributed by atoms with E-state index in [-0.39, 0.29) is 32.7 Å². The molecule has 0 unspecified atom stereocenters. The van der Waals surface area contributed by atoms with E-state index in [1.54, 1.807) is 16.7 Å². The fourth-order valence-electron chi connectivity index (χ4n) is 12.2. The second-order valence-corrected chi connectivity index (χ2v) is 55.0. The maximum absolute atomic E-state index is 2.85. The molecule has 0 N–H and O–H groups in total. The van der Waals surface area contributed by atoms with Crippen molar-refractivity contribution in [1.82, 2.24) is 0 Å². The summed E-state index contributed by atoms with van der Waals surface area (Å²) in [6.07, 6.45) is 3.27. The van der Waals surface area contributed by atoms with Gasteiger partial charge < -0.3 is 12.7 Å². The third-order valence-corrected chi connectivity index (χ3v) is 34.8. The zero-order valence-electron chi connectivity index (χ0n) is 44.7. The average molecular weight is 1070 g/mol. The van der Waals surface area contributed by atoms with E-state index < -0.39 is 49.4 Å².